The quantitative estimate of drug-likeness (QED) is 0.586. The zero-order valence-corrected chi connectivity index (χ0v) is 13.0. The lowest BCUT2D eigenvalue weighted by Crippen LogP contribution is -2.22. The molecule has 0 atom stereocenters. The van der Waals surface area contributed by atoms with E-state index in [9.17, 15) is 4.79 Å². The van der Waals surface area contributed by atoms with Crippen LogP contribution in [-0.2, 0) is 6.54 Å². The first kappa shape index (κ1) is 14.0. The van der Waals surface area contributed by atoms with Crippen LogP contribution in [0.4, 0.5) is 0 Å². The van der Waals surface area contributed by atoms with Crippen molar-refractivity contribution in [3.63, 3.8) is 0 Å². The van der Waals surface area contributed by atoms with Crippen LogP contribution in [0.5, 0.6) is 0 Å². The second-order valence-corrected chi connectivity index (χ2v) is 5.54. The Morgan fingerprint density at radius 3 is 2.74 bits per heavy atom. The predicted octanol–water partition coefficient (Wildman–Crippen LogP) is 2.04. The number of rotatable bonds is 3. The normalized spacial score (nSPS) is 11.3. The van der Waals surface area contributed by atoms with Gasteiger partial charge in [-0.05, 0) is 6.07 Å². The molecule has 0 amide bonds. The van der Waals surface area contributed by atoms with E-state index in [2.05, 4.69) is 27.7 Å². The maximum atomic E-state index is 12.9. The van der Waals surface area contributed by atoms with Crippen LogP contribution in [0, 0.1) is 0 Å². The van der Waals surface area contributed by atoms with Crippen LogP contribution in [0.15, 0.2) is 53.7 Å². The number of benzene rings is 1. The Bertz CT molecular complexity index is 1050. The zero-order chi connectivity index (χ0) is 15.8. The third-order valence-electron chi connectivity index (χ3n) is 3.73. The van der Waals surface area contributed by atoms with Crippen molar-refractivity contribution in [1.29, 1.82) is 0 Å². The highest BCUT2D eigenvalue weighted by molar-refractivity contribution is 7.80. The van der Waals surface area contributed by atoms with Crippen molar-refractivity contribution < 1.29 is 0 Å². The molecule has 0 saturated heterocycles. The molecule has 0 aliphatic rings. The van der Waals surface area contributed by atoms with Crippen molar-refractivity contribution in [2.75, 3.05) is 5.75 Å². The lowest BCUT2D eigenvalue weighted by atomic mass is 10.1. The van der Waals surface area contributed by atoms with Crippen LogP contribution in [-0.4, -0.2) is 29.9 Å². The molecule has 114 valence electrons. The molecule has 4 aromatic rings. The van der Waals surface area contributed by atoms with Crippen LogP contribution in [0.3, 0.4) is 0 Å². The average molecular weight is 323 g/mol. The first-order valence-corrected chi connectivity index (χ1v) is 7.82. The van der Waals surface area contributed by atoms with Crippen LogP contribution in [0.2, 0.25) is 0 Å². The molecule has 4 rings (SSSR count). The Labute approximate surface area is 136 Å². The van der Waals surface area contributed by atoms with Gasteiger partial charge in [-0.2, -0.15) is 27.2 Å². The first-order chi connectivity index (χ1) is 11.3. The Kier molecular flexibility index (Phi) is 3.34. The summed E-state index contributed by atoms with van der Waals surface area (Å²) in [7, 11) is 0. The molecule has 3 heterocycles. The summed E-state index contributed by atoms with van der Waals surface area (Å²) in [6.45, 7) is 0.543. The van der Waals surface area contributed by atoms with Crippen LogP contribution in [0.25, 0.3) is 27.9 Å². The number of thiol groups is 1. The molecule has 1 aromatic carbocycles. The molecule has 6 nitrogen and oxygen atoms in total. The van der Waals surface area contributed by atoms with E-state index in [0.717, 1.165) is 5.56 Å². The van der Waals surface area contributed by atoms with E-state index in [1.165, 1.54) is 6.33 Å². The minimum Gasteiger partial charge on any atom is -0.314 e. The Morgan fingerprint density at radius 2 is 1.96 bits per heavy atom. The Balaban J connectivity index is 2.19. The fraction of sp³-hybridized carbons (Fsp3) is 0.125. The Morgan fingerprint density at radius 1 is 1.13 bits per heavy atom. The molecule has 0 bridgehead atoms. The van der Waals surface area contributed by atoms with E-state index < -0.39 is 0 Å². The minimum absolute atomic E-state index is 0.0969. The van der Waals surface area contributed by atoms with Crippen molar-refractivity contribution in [2.24, 2.45) is 0 Å². The van der Waals surface area contributed by atoms with Gasteiger partial charge in [-0.1, -0.05) is 30.3 Å². The molecule has 0 aliphatic carbocycles. The molecule has 0 radical (unpaired) electrons. The van der Waals surface area contributed by atoms with Gasteiger partial charge in [-0.3, -0.25) is 4.79 Å². The van der Waals surface area contributed by atoms with E-state index >= 15 is 0 Å². The van der Waals surface area contributed by atoms with Crippen molar-refractivity contribution >= 4 is 29.3 Å². The van der Waals surface area contributed by atoms with Crippen LogP contribution >= 0.6 is 12.6 Å². The Hall–Kier alpha value is -2.67. The molecular weight excluding hydrogens is 310 g/mol. The van der Waals surface area contributed by atoms with Gasteiger partial charge in [0.1, 0.15) is 6.33 Å². The van der Waals surface area contributed by atoms with Crippen molar-refractivity contribution in [2.45, 2.75) is 6.54 Å². The van der Waals surface area contributed by atoms with Crippen LogP contribution < -0.4 is 5.56 Å². The number of hydrogen-bond donors (Lipinski definition) is 1. The van der Waals surface area contributed by atoms with Gasteiger partial charge in [0.05, 0.1) is 16.6 Å². The number of hydrogen-bond acceptors (Lipinski definition) is 5. The molecule has 0 N–H and O–H groups in total. The zero-order valence-electron chi connectivity index (χ0n) is 12.1. The van der Waals surface area contributed by atoms with E-state index in [0.29, 0.717) is 34.7 Å². The number of pyridine rings is 1. The maximum Gasteiger partial charge on any atom is 0.262 e. The van der Waals surface area contributed by atoms with Gasteiger partial charge in [0.15, 0.2) is 0 Å². The molecule has 23 heavy (non-hydrogen) atoms. The summed E-state index contributed by atoms with van der Waals surface area (Å²) in [6.07, 6.45) is 3.19. The van der Waals surface area contributed by atoms with Crippen molar-refractivity contribution in [3.05, 3.63) is 59.3 Å². The summed E-state index contributed by atoms with van der Waals surface area (Å²) in [4.78, 5) is 21.5. The van der Waals surface area contributed by atoms with Crippen molar-refractivity contribution in [3.8, 4) is 11.3 Å². The number of nitrogens with zero attached hydrogens (tertiary/aromatic N) is 5. The third kappa shape index (κ3) is 2.20. The van der Waals surface area contributed by atoms with Gasteiger partial charge in [-0.15, -0.1) is 0 Å². The molecule has 0 aliphatic heterocycles. The van der Waals surface area contributed by atoms with E-state index in [1.807, 2.05) is 36.4 Å². The summed E-state index contributed by atoms with van der Waals surface area (Å²) in [5, 5.41) is 4.78. The average Bonchev–Trinajstić information content (AvgIpc) is 3.04. The molecular formula is C16H13N5OS. The second kappa shape index (κ2) is 5.51. The maximum absolute atomic E-state index is 12.9. The SMILES string of the molecule is O=c1c2c(-c3ccccc3)n3ncnc3nc2ccn1CCS. The molecule has 0 fully saturated rings. The summed E-state index contributed by atoms with van der Waals surface area (Å²) >= 11 is 4.22. The fourth-order valence-electron chi connectivity index (χ4n) is 2.71. The summed E-state index contributed by atoms with van der Waals surface area (Å²) in [5.74, 6) is 1.06. The topological polar surface area (TPSA) is 65.1 Å². The molecule has 0 saturated carbocycles. The highest BCUT2D eigenvalue weighted by Crippen LogP contribution is 2.25. The predicted molar refractivity (Wildman–Crippen MR) is 91.8 cm³/mol. The monoisotopic (exact) mass is 323 g/mol. The lowest BCUT2D eigenvalue weighted by molar-refractivity contribution is 0.743. The number of aromatic nitrogens is 5. The van der Waals surface area contributed by atoms with Crippen molar-refractivity contribution in [1.82, 2.24) is 24.1 Å². The summed E-state index contributed by atoms with van der Waals surface area (Å²) in [6, 6.07) is 11.5. The molecule has 0 spiro atoms. The second-order valence-electron chi connectivity index (χ2n) is 5.10. The summed E-state index contributed by atoms with van der Waals surface area (Å²) in [5.41, 5.74) is 2.13. The van der Waals surface area contributed by atoms with Gasteiger partial charge >= 0.3 is 0 Å². The minimum atomic E-state index is -0.0969. The van der Waals surface area contributed by atoms with Gasteiger partial charge in [0, 0.05) is 24.1 Å². The van der Waals surface area contributed by atoms with E-state index in [-0.39, 0.29) is 5.56 Å². The molecule has 3 aromatic heterocycles. The fourth-order valence-corrected chi connectivity index (χ4v) is 2.93. The highest BCUT2D eigenvalue weighted by atomic mass is 32.1. The lowest BCUT2D eigenvalue weighted by Gasteiger charge is -2.10. The van der Waals surface area contributed by atoms with E-state index in [4.69, 9.17) is 0 Å². The van der Waals surface area contributed by atoms with Gasteiger partial charge in [0.25, 0.3) is 11.3 Å². The smallest absolute Gasteiger partial charge is 0.262 e. The summed E-state index contributed by atoms with van der Waals surface area (Å²) < 4.78 is 3.26. The van der Waals surface area contributed by atoms with Gasteiger partial charge in [0.2, 0.25) is 0 Å². The first-order valence-electron chi connectivity index (χ1n) is 7.19. The van der Waals surface area contributed by atoms with Gasteiger partial charge < -0.3 is 4.57 Å². The number of fused-ring (bicyclic) bond motifs is 2. The largest absolute Gasteiger partial charge is 0.314 e. The molecule has 7 heteroatoms. The number of aryl methyl sites for hydroxylation is 1. The third-order valence-corrected chi connectivity index (χ3v) is 3.93. The van der Waals surface area contributed by atoms with E-state index in [1.54, 1.807) is 15.3 Å². The highest BCUT2D eigenvalue weighted by Gasteiger charge is 2.16. The standard InChI is InChI=1S/C16H13N5OS/c22-15-13-12(6-7-20(15)8-9-23)19-16-17-10-18-21(16)14(13)11-4-2-1-3-5-11/h1-7,10,23H,8-9H2. The molecule has 0 unspecified atom stereocenters. The van der Waals surface area contributed by atoms with Gasteiger partial charge in [-0.25, -0.2) is 4.98 Å². The van der Waals surface area contributed by atoms with Crippen LogP contribution in [0.1, 0.15) is 0 Å².